The lowest BCUT2D eigenvalue weighted by atomic mass is 10.1. The highest BCUT2D eigenvalue weighted by Crippen LogP contribution is 2.30. The minimum atomic E-state index is -0.190. The number of nitrogens with zero attached hydrogens (tertiary/aromatic N) is 4. The van der Waals surface area contributed by atoms with Crippen molar-refractivity contribution in [1.82, 2.24) is 19.7 Å². The van der Waals surface area contributed by atoms with Gasteiger partial charge in [0.15, 0.2) is 17.1 Å². The molecule has 0 spiro atoms. The second-order valence-corrected chi connectivity index (χ2v) is 9.72. The van der Waals surface area contributed by atoms with Gasteiger partial charge < -0.3 is 9.30 Å². The molecule has 166 valence electrons. The predicted molar refractivity (Wildman–Crippen MR) is 133 cm³/mol. The number of thioether (sulfide) groups is 1. The average molecular weight is 465 g/mol. The highest BCUT2D eigenvalue weighted by Gasteiger charge is 2.19. The van der Waals surface area contributed by atoms with E-state index in [1.54, 1.807) is 23.1 Å². The lowest BCUT2D eigenvalue weighted by Gasteiger charge is -2.16. The lowest BCUT2D eigenvalue weighted by Crippen LogP contribution is -2.12. The number of ether oxygens (including phenoxy) is 1. The second kappa shape index (κ2) is 9.88. The SMILES string of the molecule is CCn1c(SCc2csc(-c3ccccc3C)n2)nnc1C(C)Oc1cc(C)cc(C)c1. The summed E-state index contributed by atoms with van der Waals surface area (Å²) in [5.41, 5.74) is 5.88. The van der Waals surface area contributed by atoms with Gasteiger partial charge in [-0.2, -0.15) is 0 Å². The molecule has 0 aliphatic carbocycles. The molecule has 0 amide bonds. The number of rotatable bonds is 8. The highest BCUT2D eigenvalue weighted by atomic mass is 32.2. The van der Waals surface area contributed by atoms with Crippen molar-refractivity contribution in [1.29, 1.82) is 0 Å². The maximum absolute atomic E-state index is 6.20. The van der Waals surface area contributed by atoms with Gasteiger partial charge in [0, 0.05) is 23.2 Å². The maximum atomic E-state index is 6.20. The number of aryl methyl sites for hydroxylation is 3. The molecule has 0 saturated carbocycles. The van der Waals surface area contributed by atoms with Gasteiger partial charge in [-0.05, 0) is 63.4 Å². The Morgan fingerprint density at radius 3 is 2.53 bits per heavy atom. The Bertz CT molecular complexity index is 1190. The van der Waals surface area contributed by atoms with E-state index in [9.17, 15) is 0 Å². The molecule has 32 heavy (non-hydrogen) atoms. The van der Waals surface area contributed by atoms with Gasteiger partial charge in [0.25, 0.3) is 0 Å². The molecule has 4 aromatic rings. The molecule has 0 aliphatic heterocycles. The van der Waals surface area contributed by atoms with E-state index >= 15 is 0 Å². The summed E-state index contributed by atoms with van der Waals surface area (Å²) < 4.78 is 8.33. The van der Waals surface area contributed by atoms with Crippen molar-refractivity contribution in [3.63, 3.8) is 0 Å². The van der Waals surface area contributed by atoms with Gasteiger partial charge >= 0.3 is 0 Å². The largest absolute Gasteiger partial charge is 0.483 e. The third-order valence-corrected chi connectivity index (χ3v) is 7.13. The molecule has 5 nitrogen and oxygen atoms in total. The normalized spacial score (nSPS) is 12.2. The van der Waals surface area contributed by atoms with Crippen LogP contribution in [0.25, 0.3) is 10.6 Å². The number of benzene rings is 2. The van der Waals surface area contributed by atoms with Crippen LogP contribution in [0.1, 0.15) is 48.2 Å². The van der Waals surface area contributed by atoms with Gasteiger partial charge in [-0.1, -0.05) is 42.1 Å². The standard InChI is InChI=1S/C25H28N4OS2/c1-6-29-23(19(5)30-21-12-16(2)11-17(3)13-21)27-28-25(29)32-15-20-14-31-24(26-20)22-10-8-7-9-18(22)4/h7-14,19H,6,15H2,1-5H3. The zero-order chi connectivity index (χ0) is 22.7. The molecule has 1 atom stereocenters. The quantitative estimate of drug-likeness (QED) is 0.269. The molecule has 2 aromatic heterocycles. The molecule has 1 unspecified atom stereocenters. The van der Waals surface area contributed by atoms with Crippen molar-refractivity contribution < 1.29 is 4.74 Å². The van der Waals surface area contributed by atoms with Gasteiger partial charge in [0.1, 0.15) is 10.8 Å². The Morgan fingerprint density at radius 2 is 1.81 bits per heavy atom. The minimum absolute atomic E-state index is 0.190. The number of aromatic nitrogens is 4. The lowest BCUT2D eigenvalue weighted by molar-refractivity contribution is 0.209. The van der Waals surface area contributed by atoms with E-state index in [2.05, 4.69) is 90.3 Å². The fourth-order valence-corrected chi connectivity index (χ4v) is 5.63. The predicted octanol–water partition coefficient (Wildman–Crippen LogP) is 6.78. The van der Waals surface area contributed by atoms with Crippen molar-refractivity contribution >= 4 is 23.1 Å². The summed E-state index contributed by atoms with van der Waals surface area (Å²) in [5, 5.41) is 13.0. The van der Waals surface area contributed by atoms with Crippen LogP contribution in [0, 0.1) is 20.8 Å². The molecule has 2 aromatic carbocycles. The van der Waals surface area contributed by atoms with Crippen LogP contribution < -0.4 is 4.74 Å². The van der Waals surface area contributed by atoms with Crippen LogP contribution in [-0.4, -0.2) is 19.7 Å². The molecular weight excluding hydrogens is 436 g/mol. The Kier molecular flexibility index (Phi) is 6.96. The van der Waals surface area contributed by atoms with E-state index in [1.807, 2.05) is 6.92 Å². The molecule has 4 rings (SSSR count). The summed E-state index contributed by atoms with van der Waals surface area (Å²) in [7, 11) is 0. The van der Waals surface area contributed by atoms with E-state index in [1.165, 1.54) is 22.3 Å². The van der Waals surface area contributed by atoms with E-state index in [0.29, 0.717) is 0 Å². The van der Waals surface area contributed by atoms with Gasteiger partial charge in [0.2, 0.25) is 0 Å². The van der Waals surface area contributed by atoms with Crippen molar-refractivity contribution in [2.45, 2.75) is 58.2 Å². The van der Waals surface area contributed by atoms with Crippen LogP contribution in [0.4, 0.5) is 0 Å². The molecule has 2 heterocycles. The summed E-state index contributed by atoms with van der Waals surface area (Å²) in [6.45, 7) is 11.2. The molecule has 0 bridgehead atoms. The van der Waals surface area contributed by atoms with E-state index < -0.39 is 0 Å². The first-order chi connectivity index (χ1) is 15.4. The first kappa shape index (κ1) is 22.6. The molecule has 0 saturated heterocycles. The Hall–Kier alpha value is -2.64. The second-order valence-electron chi connectivity index (χ2n) is 7.92. The molecule has 0 N–H and O–H groups in total. The Balaban J connectivity index is 1.46. The van der Waals surface area contributed by atoms with Crippen molar-refractivity contribution in [3.8, 4) is 16.3 Å². The smallest absolute Gasteiger partial charge is 0.191 e. The van der Waals surface area contributed by atoms with Crippen molar-refractivity contribution in [3.05, 3.63) is 76.1 Å². The third kappa shape index (κ3) is 5.05. The number of thiazole rings is 1. The highest BCUT2D eigenvalue weighted by molar-refractivity contribution is 7.98. The Morgan fingerprint density at radius 1 is 1.06 bits per heavy atom. The zero-order valence-electron chi connectivity index (χ0n) is 19.1. The van der Waals surface area contributed by atoms with E-state index in [-0.39, 0.29) is 6.10 Å². The topological polar surface area (TPSA) is 52.8 Å². The first-order valence-corrected chi connectivity index (χ1v) is 12.6. The van der Waals surface area contributed by atoms with Crippen LogP contribution in [0.3, 0.4) is 0 Å². The van der Waals surface area contributed by atoms with Crippen LogP contribution in [0.5, 0.6) is 5.75 Å². The van der Waals surface area contributed by atoms with E-state index in [0.717, 1.165) is 39.7 Å². The van der Waals surface area contributed by atoms with Crippen molar-refractivity contribution in [2.75, 3.05) is 0 Å². The number of hydrogen-bond donors (Lipinski definition) is 0. The van der Waals surface area contributed by atoms with Gasteiger partial charge in [0.05, 0.1) is 5.69 Å². The van der Waals surface area contributed by atoms with Gasteiger partial charge in [-0.3, -0.25) is 0 Å². The van der Waals surface area contributed by atoms with Crippen LogP contribution in [0.2, 0.25) is 0 Å². The van der Waals surface area contributed by atoms with Gasteiger partial charge in [-0.15, -0.1) is 21.5 Å². The van der Waals surface area contributed by atoms with E-state index in [4.69, 9.17) is 9.72 Å². The van der Waals surface area contributed by atoms with Gasteiger partial charge in [-0.25, -0.2) is 4.98 Å². The number of hydrogen-bond acceptors (Lipinski definition) is 6. The molecule has 0 fully saturated rings. The summed E-state index contributed by atoms with van der Waals surface area (Å²) in [6.07, 6.45) is -0.190. The fourth-order valence-electron chi connectivity index (χ4n) is 3.71. The fraction of sp³-hybridized carbons (Fsp3) is 0.320. The third-order valence-electron chi connectivity index (χ3n) is 5.21. The van der Waals surface area contributed by atoms with Crippen LogP contribution in [0.15, 0.2) is 53.0 Å². The molecule has 7 heteroatoms. The molecule has 0 radical (unpaired) electrons. The monoisotopic (exact) mass is 464 g/mol. The summed E-state index contributed by atoms with van der Waals surface area (Å²) in [5.74, 6) is 2.46. The minimum Gasteiger partial charge on any atom is -0.483 e. The van der Waals surface area contributed by atoms with Crippen LogP contribution >= 0.6 is 23.1 Å². The van der Waals surface area contributed by atoms with Crippen LogP contribution in [-0.2, 0) is 12.3 Å². The zero-order valence-corrected chi connectivity index (χ0v) is 20.8. The summed E-state index contributed by atoms with van der Waals surface area (Å²) >= 11 is 3.35. The summed E-state index contributed by atoms with van der Waals surface area (Å²) in [4.78, 5) is 4.84. The average Bonchev–Trinajstić information content (AvgIpc) is 3.38. The molecule has 0 aliphatic rings. The molecular formula is C25H28N4OS2. The van der Waals surface area contributed by atoms with Crippen molar-refractivity contribution in [2.24, 2.45) is 0 Å². The summed E-state index contributed by atoms with van der Waals surface area (Å²) in [6, 6.07) is 14.6. The first-order valence-electron chi connectivity index (χ1n) is 10.8. The maximum Gasteiger partial charge on any atom is 0.191 e. The Labute approximate surface area is 197 Å².